The van der Waals surface area contributed by atoms with E-state index in [0.29, 0.717) is 16.3 Å². The van der Waals surface area contributed by atoms with Gasteiger partial charge in [-0.25, -0.2) is 4.79 Å². The molecule has 0 radical (unpaired) electrons. The van der Waals surface area contributed by atoms with Gasteiger partial charge in [0.1, 0.15) is 0 Å². The van der Waals surface area contributed by atoms with Gasteiger partial charge in [0.05, 0.1) is 12.7 Å². The summed E-state index contributed by atoms with van der Waals surface area (Å²) in [6.45, 7) is 0.983. The van der Waals surface area contributed by atoms with Crippen LogP contribution in [0.4, 0.5) is 13.2 Å². The summed E-state index contributed by atoms with van der Waals surface area (Å²) in [5.74, 6) is -0.497. The Morgan fingerprint density at radius 1 is 1.00 bits per heavy atom. The molecule has 0 aliphatic heterocycles. The van der Waals surface area contributed by atoms with Crippen LogP contribution in [0.15, 0.2) is 36.4 Å². The minimum atomic E-state index is -4.54. The van der Waals surface area contributed by atoms with Gasteiger partial charge in [-0.1, -0.05) is 18.2 Å². The van der Waals surface area contributed by atoms with E-state index in [1.807, 2.05) is 0 Å². The third-order valence-electron chi connectivity index (χ3n) is 3.76. The average molecular weight is 312 g/mol. The Balaban J connectivity index is 2.54. The average Bonchev–Trinajstić information content (AvgIpc) is 2.51. The number of fused-ring (bicyclic) bond motifs is 1. The Bertz CT molecular complexity index is 709. The van der Waals surface area contributed by atoms with Gasteiger partial charge in [0, 0.05) is 7.11 Å². The zero-order valence-corrected chi connectivity index (χ0v) is 12.3. The molecule has 6 heteroatoms. The van der Waals surface area contributed by atoms with Crippen LogP contribution in [0.2, 0.25) is 0 Å². The van der Waals surface area contributed by atoms with Gasteiger partial charge in [0.15, 0.2) is 5.60 Å². The second-order valence-electron chi connectivity index (χ2n) is 5.00. The number of halogens is 3. The van der Waals surface area contributed by atoms with E-state index in [2.05, 4.69) is 4.74 Å². The Hall–Kier alpha value is -2.08. The van der Waals surface area contributed by atoms with E-state index in [4.69, 9.17) is 4.74 Å². The predicted octanol–water partition coefficient (Wildman–Crippen LogP) is 4.05. The fourth-order valence-corrected chi connectivity index (χ4v) is 2.18. The van der Waals surface area contributed by atoms with Gasteiger partial charge in [-0.15, -0.1) is 0 Å². The van der Waals surface area contributed by atoms with Crippen LogP contribution in [0.5, 0.6) is 0 Å². The maximum absolute atomic E-state index is 13.2. The Labute approximate surface area is 125 Å². The van der Waals surface area contributed by atoms with Crippen LogP contribution in [0.3, 0.4) is 0 Å². The fraction of sp³-hybridized carbons (Fsp3) is 0.312. The molecule has 2 aromatic rings. The first kappa shape index (κ1) is 16.3. The number of hydrogen-bond acceptors (Lipinski definition) is 3. The molecule has 0 bridgehead atoms. The summed E-state index contributed by atoms with van der Waals surface area (Å²) in [5.41, 5.74) is -2.05. The van der Waals surface area contributed by atoms with Crippen molar-refractivity contribution >= 4 is 16.7 Å². The second-order valence-corrected chi connectivity index (χ2v) is 5.00. The molecule has 22 heavy (non-hydrogen) atoms. The Morgan fingerprint density at radius 2 is 1.59 bits per heavy atom. The van der Waals surface area contributed by atoms with Crippen LogP contribution in [0, 0.1) is 0 Å². The number of carbonyl (C=O) groups excluding carboxylic acids is 1. The third kappa shape index (κ3) is 2.66. The Morgan fingerprint density at radius 3 is 2.14 bits per heavy atom. The molecule has 0 aliphatic rings. The van der Waals surface area contributed by atoms with Crippen LogP contribution in [0.1, 0.15) is 22.8 Å². The van der Waals surface area contributed by atoms with Gasteiger partial charge >= 0.3 is 12.1 Å². The molecular weight excluding hydrogens is 297 g/mol. The summed E-state index contributed by atoms with van der Waals surface area (Å²) < 4.78 is 49.0. The van der Waals surface area contributed by atoms with Crippen molar-refractivity contribution in [3.63, 3.8) is 0 Å². The highest BCUT2D eigenvalue weighted by Crippen LogP contribution is 2.42. The lowest BCUT2D eigenvalue weighted by Crippen LogP contribution is -2.41. The molecule has 0 saturated heterocycles. The van der Waals surface area contributed by atoms with Crippen molar-refractivity contribution in [3.8, 4) is 0 Å². The smallest absolute Gasteiger partial charge is 0.421 e. The zero-order valence-electron chi connectivity index (χ0n) is 12.3. The summed E-state index contributed by atoms with van der Waals surface area (Å²) in [6.07, 6.45) is -4.54. The van der Waals surface area contributed by atoms with Gasteiger partial charge in [-0.3, -0.25) is 0 Å². The SMILES string of the molecule is COC(=O)c1ccc2cc(C(C)(OC)C(F)(F)F)ccc2c1. The van der Waals surface area contributed by atoms with E-state index in [0.717, 1.165) is 14.0 Å². The third-order valence-corrected chi connectivity index (χ3v) is 3.76. The number of ether oxygens (including phenoxy) is 2. The quantitative estimate of drug-likeness (QED) is 0.802. The van der Waals surface area contributed by atoms with E-state index in [1.54, 1.807) is 12.1 Å². The minimum Gasteiger partial charge on any atom is -0.465 e. The first-order valence-corrected chi connectivity index (χ1v) is 6.47. The molecule has 0 spiro atoms. The highest BCUT2D eigenvalue weighted by Gasteiger charge is 2.53. The molecule has 0 aliphatic carbocycles. The summed E-state index contributed by atoms with van der Waals surface area (Å²) in [4.78, 5) is 11.5. The normalized spacial score (nSPS) is 14.6. The number of alkyl halides is 3. The summed E-state index contributed by atoms with van der Waals surface area (Å²) >= 11 is 0. The predicted molar refractivity (Wildman–Crippen MR) is 75.7 cm³/mol. The summed E-state index contributed by atoms with van der Waals surface area (Å²) in [7, 11) is 2.29. The maximum atomic E-state index is 13.2. The molecule has 2 rings (SSSR count). The number of carbonyl (C=O) groups is 1. The first-order chi connectivity index (χ1) is 10.2. The largest absolute Gasteiger partial charge is 0.465 e. The van der Waals surface area contributed by atoms with Crippen molar-refractivity contribution in [2.24, 2.45) is 0 Å². The first-order valence-electron chi connectivity index (χ1n) is 6.47. The molecule has 2 aromatic carbocycles. The number of hydrogen-bond donors (Lipinski definition) is 0. The van der Waals surface area contributed by atoms with Crippen molar-refractivity contribution in [1.29, 1.82) is 0 Å². The van der Waals surface area contributed by atoms with Gasteiger partial charge in [-0.2, -0.15) is 13.2 Å². The van der Waals surface area contributed by atoms with Gasteiger partial charge in [-0.05, 0) is 41.5 Å². The highest BCUT2D eigenvalue weighted by atomic mass is 19.4. The lowest BCUT2D eigenvalue weighted by molar-refractivity contribution is -0.269. The van der Waals surface area contributed by atoms with Crippen LogP contribution < -0.4 is 0 Å². The van der Waals surface area contributed by atoms with Crippen molar-refractivity contribution in [3.05, 3.63) is 47.5 Å². The van der Waals surface area contributed by atoms with Crippen LogP contribution in [0.25, 0.3) is 10.8 Å². The molecule has 0 fully saturated rings. The van der Waals surface area contributed by atoms with Crippen LogP contribution >= 0.6 is 0 Å². The van der Waals surface area contributed by atoms with E-state index < -0.39 is 17.7 Å². The van der Waals surface area contributed by atoms with Crippen molar-refractivity contribution in [2.45, 2.75) is 18.7 Å². The molecule has 1 atom stereocenters. The van der Waals surface area contributed by atoms with Gasteiger partial charge in [0.2, 0.25) is 0 Å². The molecule has 118 valence electrons. The standard InChI is InChI=1S/C16H15F3O3/c1-15(22-3,16(17,18)19)13-7-6-10-8-12(14(20)21-2)5-4-11(10)9-13/h4-9H,1-3H3. The van der Waals surface area contributed by atoms with E-state index in [1.165, 1.54) is 31.4 Å². The number of benzene rings is 2. The van der Waals surface area contributed by atoms with E-state index >= 15 is 0 Å². The summed E-state index contributed by atoms with van der Waals surface area (Å²) in [5, 5.41) is 1.23. The van der Waals surface area contributed by atoms with Gasteiger partial charge < -0.3 is 9.47 Å². The fourth-order valence-electron chi connectivity index (χ4n) is 2.18. The number of rotatable bonds is 3. The lowest BCUT2D eigenvalue weighted by atomic mass is 9.92. The topological polar surface area (TPSA) is 35.5 Å². The van der Waals surface area contributed by atoms with Crippen molar-refractivity contribution < 1.29 is 27.4 Å². The molecule has 0 saturated carbocycles. The Kier molecular flexibility index (Phi) is 4.15. The molecule has 1 unspecified atom stereocenters. The monoisotopic (exact) mass is 312 g/mol. The molecule has 0 amide bonds. The van der Waals surface area contributed by atoms with E-state index in [9.17, 15) is 18.0 Å². The minimum absolute atomic E-state index is 0.000757. The molecule has 0 N–H and O–H groups in total. The lowest BCUT2D eigenvalue weighted by Gasteiger charge is -2.31. The second kappa shape index (κ2) is 5.61. The molecular formula is C16H15F3O3. The molecule has 0 heterocycles. The molecule has 0 aromatic heterocycles. The van der Waals surface area contributed by atoms with Crippen molar-refractivity contribution in [1.82, 2.24) is 0 Å². The van der Waals surface area contributed by atoms with Crippen LogP contribution in [-0.4, -0.2) is 26.4 Å². The number of methoxy groups -OCH3 is 2. The van der Waals surface area contributed by atoms with Crippen LogP contribution in [-0.2, 0) is 15.1 Å². The van der Waals surface area contributed by atoms with Gasteiger partial charge in [0.25, 0.3) is 0 Å². The zero-order chi connectivity index (χ0) is 16.5. The summed E-state index contributed by atoms with van der Waals surface area (Å²) in [6, 6.07) is 8.95. The highest BCUT2D eigenvalue weighted by molar-refractivity contribution is 5.95. The van der Waals surface area contributed by atoms with E-state index in [-0.39, 0.29) is 5.56 Å². The maximum Gasteiger partial charge on any atom is 0.421 e. The van der Waals surface area contributed by atoms with Crippen molar-refractivity contribution in [2.75, 3.05) is 14.2 Å². The number of esters is 1. The molecule has 3 nitrogen and oxygen atoms in total.